The number of aromatic amines is 1. The lowest BCUT2D eigenvalue weighted by Gasteiger charge is -2.19. The average Bonchev–Trinajstić information content (AvgIpc) is 2.82. The topological polar surface area (TPSA) is 40.7 Å². The highest BCUT2D eigenvalue weighted by Gasteiger charge is 2.12. The summed E-state index contributed by atoms with van der Waals surface area (Å²) in [6.45, 7) is 4.26. The van der Waals surface area contributed by atoms with Gasteiger partial charge in [0.15, 0.2) is 0 Å². The minimum absolute atomic E-state index is 0.207. The van der Waals surface area contributed by atoms with Crippen LogP contribution in [0.3, 0.4) is 0 Å². The smallest absolute Gasteiger partial charge is 0.122 e. The molecule has 0 aliphatic heterocycles. The fourth-order valence-corrected chi connectivity index (χ4v) is 2.26. The van der Waals surface area contributed by atoms with Crippen molar-refractivity contribution < 1.29 is 0 Å². The second kappa shape index (κ2) is 5.47. The zero-order valence-electron chi connectivity index (χ0n) is 9.94. The third-order valence-corrected chi connectivity index (χ3v) is 3.27. The first-order chi connectivity index (χ1) is 8.16. The van der Waals surface area contributed by atoms with Crippen LogP contribution in [0.5, 0.6) is 0 Å². The van der Waals surface area contributed by atoms with Gasteiger partial charge in [0, 0.05) is 22.9 Å². The van der Waals surface area contributed by atoms with Crippen LogP contribution >= 0.6 is 15.9 Å². The van der Waals surface area contributed by atoms with E-state index in [2.05, 4.69) is 63.3 Å². The minimum atomic E-state index is 0.207. The maximum absolute atomic E-state index is 4.25. The molecule has 2 aromatic rings. The van der Waals surface area contributed by atoms with E-state index in [0.29, 0.717) is 0 Å². The minimum Gasteiger partial charge on any atom is -0.347 e. The van der Waals surface area contributed by atoms with Crippen LogP contribution in [-0.4, -0.2) is 9.97 Å². The number of benzene rings is 1. The van der Waals surface area contributed by atoms with Gasteiger partial charge in [-0.1, -0.05) is 28.1 Å². The van der Waals surface area contributed by atoms with Gasteiger partial charge in [-0.15, -0.1) is 0 Å². The van der Waals surface area contributed by atoms with Gasteiger partial charge in [-0.25, -0.2) is 4.98 Å². The summed E-state index contributed by atoms with van der Waals surface area (Å²) in [5, 5.41) is 3.51. The molecule has 2 N–H and O–H groups in total. The molecule has 0 radical (unpaired) electrons. The standard InChI is InChI=1S/C13H16BrN3/c1-9(11-4-3-5-12(14)8-11)17-10(2)13-15-6-7-16-13/h3-10,17H,1-2H3,(H,15,16). The summed E-state index contributed by atoms with van der Waals surface area (Å²) in [6, 6.07) is 8.83. The number of imidazole rings is 1. The number of nitrogens with one attached hydrogen (secondary N) is 2. The van der Waals surface area contributed by atoms with Crippen LogP contribution in [0, 0.1) is 0 Å². The molecule has 0 aliphatic carbocycles. The zero-order valence-corrected chi connectivity index (χ0v) is 11.5. The Bertz CT molecular complexity index is 467. The van der Waals surface area contributed by atoms with Crippen molar-refractivity contribution in [1.29, 1.82) is 0 Å². The third kappa shape index (κ3) is 3.17. The Morgan fingerprint density at radius 2 is 2.12 bits per heavy atom. The lowest BCUT2D eigenvalue weighted by Crippen LogP contribution is -2.23. The fraction of sp³-hybridized carbons (Fsp3) is 0.308. The molecule has 0 fully saturated rings. The van der Waals surface area contributed by atoms with Gasteiger partial charge in [0.05, 0.1) is 6.04 Å². The quantitative estimate of drug-likeness (QED) is 0.904. The molecular formula is C13H16BrN3. The Balaban J connectivity index is 2.04. The highest BCUT2D eigenvalue weighted by atomic mass is 79.9. The summed E-state index contributed by atoms with van der Waals surface area (Å²) < 4.78 is 1.11. The first kappa shape index (κ1) is 12.3. The summed E-state index contributed by atoms with van der Waals surface area (Å²) >= 11 is 3.49. The van der Waals surface area contributed by atoms with Crippen molar-refractivity contribution in [2.45, 2.75) is 25.9 Å². The van der Waals surface area contributed by atoms with Crippen molar-refractivity contribution in [3.05, 3.63) is 52.5 Å². The molecule has 17 heavy (non-hydrogen) atoms. The van der Waals surface area contributed by atoms with E-state index in [1.54, 1.807) is 6.20 Å². The van der Waals surface area contributed by atoms with Crippen molar-refractivity contribution in [2.75, 3.05) is 0 Å². The lowest BCUT2D eigenvalue weighted by molar-refractivity contribution is 0.479. The fourth-order valence-electron chi connectivity index (χ4n) is 1.84. The Morgan fingerprint density at radius 1 is 1.29 bits per heavy atom. The van der Waals surface area contributed by atoms with E-state index in [0.717, 1.165) is 10.3 Å². The Morgan fingerprint density at radius 3 is 2.76 bits per heavy atom. The molecule has 0 amide bonds. The highest BCUT2D eigenvalue weighted by Crippen LogP contribution is 2.20. The molecule has 2 atom stereocenters. The van der Waals surface area contributed by atoms with Crippen LogP contribution in [0.4, 0.5) is 0 Å². The Kier molecular flexibility index (Phi) is 3.97. The van der Waals surface area contributed by atoms with Gasteiger partial charge in [0.1, 0.15) is 5.82 Å². The summed E-state index contributed by atoms with van der Waals surface area (Å²) in [4.78, 5) is 7.38. The number of rotatable bonds is 4. The predicted octanol–water partition coefficient (Wildman–Crippen LogP) is 3.58. The van der Waals surface area contributed by atoms with Crippen molar-refractivity contribution in [3.8, 4) is 0 Å². The molecule has 2 unspecified atom stereocenters. The molecule has 2 rings (SSSR count). The van der Waals surface area contributed by atoms with E-state index in [9.17, 15) is 0 Å². The summed E-state index contributed by atoms with van der Waals surface area (Å²) in [5.41, 5.74) is 1.26. The van der Waals surface area contributed by atoms with Gasteiger partial charge in [-0.2, -0.15) is 0 Å². The predicted molar refractivity (Wildman–Crippen MR) is 72.7 cm³/mol. The first-order valence-corrected chi connectivity index (χ1v) is 6.47. The number of aromatic nitrogens is 2. The monoisotopic (exact) mass is 293 g/mol. The van der Waals surface area contributed by atoms with Crippen molar-refractivity contribution in [3.63, 3.8) is 0 Å². The van der Waals surface area contributed by atoms with E-state index in [1.807, 2.05) is 12.3 Å². The zero-order chi connectivity index (χ0) is 12.3. The van der Waals surface area contributed by atoms with Crippen LogP contribution in [0.1, 0.15) is 37.3 Å². The van der Waals surface area contributed by atoms with E-state index in [1.165, 1.54) is 5.56 Å². The highest BCUT2D eigenvalue weighted by molar-refractivity contribution is 9.10. The molecule has 1 heterocycles. The summed E-state index contributed by atoms with van der Waals surface area (Å²) in [6.07, 6.45) is 3.62. The normalized spacial score (nSPS) is 14.5. The van der Waals surface area contributed by atoms with Crippen LogP contribution in [0.25, 0.3) is 0 Å². The second-order valence-corrected chi connectivity index (χ2v) is 5.06. The molecular weight excluding hydrogens is 278 g/mol. The van der Waals surface area contributed by atoms with Crippen LogP contribution in [0.2, 0.25) is 0 Å². The van der Waals surface area contributed by atoms with Crippen LogP contribution in [-0.2, 0) is 0 Å². The van der Waals surface area contributed by atoms with Gasteiger partial charge in [-0.3, -0.25) is 0 Å². The molecule has 1 aromatic carbocycles. The van der Waals surface area contributed by atoms with Gasteiger partial charge in [0.2, 0.25) is 0 Å². The van der Waals surface area contributed by atoms with Crippen molar-refractivity contribution in [1.82, 2.24) is 15.3 Å². The molecule has 3 nitrogen and oxygen atoms in total. The van der Waals surface area contributed by atoms with Gasteiger partial charge < -0.3 is 10.3 Å². The number of halogens is 1. The van der Waals surface area contributed by atoms with Gasteiger partial charge in [0.25, 0.3) is 0 Å². The Hall–Kier alpha value is -1.13. The van der Waals surface area contributed by atoms with E-state index in [-0.39, 0.29) is 12.1 Å². The van der Waals surface area contributed by atoms with Crippen molar-refractivity contribution in [2.24, 2.45) is 0 Å². The van der Waals surface area contributed by atoms with E-state index >= 15 is 0 Å². The van der Waals surface area contributed by atoms with Crippen LogP contribution < -0.4 is 5.32 Å². The number of hydrogen-bond acceptors (Lipinski definition) is 2. The second-order valence-electron chi connectivity index (χ2n) is 4.14. The molecule has 1 aromatic heterocycles. The lowest BCUT2D eigenvalue weighted by atomic mass is 10.1. The molecule has 0 spiro atoms. The molecule has 0 saturated heterocycles. The summed E-state index contributed by atoms with van der Waals surface area (Å²) in [7, 11) is 0. The van der Waals surface area contributed by atoms with Gasteiger partial charge in [-0.05, 0) is 31.5 Å². The third-order valence-electron chi connectivity index (χ3n) is 2.78. The van der Waals surface area contributed by atoms with Crippen LogP contribution in [0.15, 0.2) is 41.1 Å². The molecule has 4 heteroatoms. The number of nitrogens with zero attached hydrogens (tertiary/aromatic N) is 1. The number of hydrogen-bond donors (Lipinski definition) is 2. The molecule has 0 saturated carbocycles. The van der Waals surface area contributed by atoms with Crippen molar-refractivity contribution >= 4 is 15.9 Å². The molecule has 0 aliphatic rings. The Labute approximate surface area is 110 Å². The van der Waals surface area contributed by atoms with E-state index < -0.39 is 0 Å². The average molecular weight is 294 g/mol. The molecule has 90 valence electrons. The SMILES string of the molecule is CC(NC(C)c1ncc[nH]1)c1cccc(Br)c1. The maximum atomic E-state index is 4.25. The molecule has 0 bridgehead atoms. The van der Waals surface area contributed by atoms with Gasteiger partial charge >= 0.3 is 0 Å². The maximum Gasteiger partial charge on any atom is 0.122 e. The first-order valence-electron chi connectivity index (χ1n) is 5.67. The number of H-pyrrole nitrogens is 1. The van der Waals surface area contributed by atoms with E-state index in [4.69, 9.17) is 0 Å². The summed E-state index contributed by atoms with van der Waals surface area (Å²) in [5.74, 6) is 0.965. The largest absolute Gasteiger partial charge is 0.347 e.